The molecule has 0 aliphatic heterocycles. The van der Waals surface area contributed by atoms with Crippen molar-refractivity contribution in [2.24, 2.45) is 0 Å². The van der Waals surface area contributed by atoms with E-state index >= 15 is 0 Å². The van der Waals surface area contributed by atoms with Crippen molar-refractivity contribution >= 4 is 11.6 Å². The predicted molar refractivity (Wildman–Crippen MR) is 75.6 cm³/mol. The van der Waals surface area contributed by atoms with E-state index in [2.05, 4.69) is 12.1 Å². The fraction of sp³-hybridized carbons (Fsp3) is 0.188. The van der Waals surface area contributed by atoms with Gasteiger partial charge in [0.2, 0.25) is 5.91 Å². The summed E-state index contributed by atoms with van der Waals surface area (Å²) in [6.45, 7) is 1.88. The molecule has 0 atom stereocenters. The summed E-state index contributed by atoms with van der Waals surface area (Å²) < 4.78 is 0. The number of rotatable bonds is 3. The first-order chi connectivity index (χ1) is 8.74. The van der Waals surface area contributed by atoms with Crippen LogP contribution in [-0.4, -0.2) is 13.0 Å². The molecule has 1 amide bonds. The van der Waals surface area contributed by atoms with E-state index in [0.29, 0.717) is 6.42 Å². The highest BCUT2D eigenvalue weighted by atomic mass is 16.2. The van der Waals surface area contributed by atoms with Crippen LogP contribution in [0.3, 0.4) is 0 Å². The number of carbonyl (C=O) groups excluding carboxylic acids is 1. The standard InChI is InChI=1S/C16H17NO/c1-3-16(18)17(2)15-12-8-7-11-14(15)13-9-5-4-6-10-13/h4-12H,3H2,1-2H3. The maximum atomic E-state index is 11.8. The van der Waals surface area contributed by atoms with Crippen LogP contribution in [0.4, 0.5) is 5.69 Å². The Morgan fingerprint density at radius 3 is 2.28 bits per heavy atom. The topological polar surface area (TPSA) is 20.3 Å². The van der Waals surface area contributed by atoms with Crippen molar-refractivity contribution in [3.05, 3.63) is 54.6 Å². The number of para-hydroxylation sites is 1. The van der Waals surface area contributed by atoms with E-state index in [0.717, 1.165) is 16.8 Å². The molecule has 18 heavy (non-hydrogen) atoms. The van der Waals surface area contributed by atoms with E-state index < -0.39 is 0 Å². The lowest BCUT2D eigenvalue weighted by Gasteiger charge is -2.20. The van der Waals surface area contributed by atoms with Gasteiger partial charge in [-0.15, -0.1) is 0 Å². The van der Waals surface area contributed by atoms with Crippen molar-refractivity contribution in [1.29, 1.82) is 0 Å². The first-order valence-electron chi connectivity index (χ1n) is 6.15. The zero-order chi connectivity index (χ0) is 13.0. The number of nitrogens with zero attached hydrogens (tertiary/aromatic N) is 1. The molecule has 0 N–H and O–H groups in total. The van der Waals surface area contributed by atoms with Crippen LogP contribution in [0, 0.1) is 0 Å². The summed E-state index contributed by atoms with van der Waals surface area (Å²) in [6, 6.07) is 18.1. The summed E-state index contributed by atoms with van der Waals surface area (Å²) in [7, 11) is 1.83. The van der Waals surface area contributed by atoms with Crippen LogP contribution in [0.5, 0.6) is 0 Å². The Bertz CT molecular complexity index is 534. The highest BCUT2D eigenvalue weighted by molar-refractivity contribution is 5.97. The van der Waals surface area contributed by atoms with E-state index in [9.17, 15) is 4.79 Å². The number of anilines is 1. The lowest BCUT2D eigenvalue weighted by molar-refractivity contribution is -0.118. The first-order valence-corrected chi connectivity index (χ1v) is 6.15. The summed E-state index contributed by atoms with van der Waals surface area (Å²) in [4.78, 5) is 13.5. The van der Waals surface area contributed by atoms with Crippen molar-refractivity contribution in [3.63, 3.8) is 0 Å². The Balaban J connectivity index is 2.47. The Hall–Kier alpha value is -2.09. The second kappa shape index (κ2) is 5.50. The van der Waals surface area contributed by atoms with Crippen LogP contribution in [-0.2, 0) is 4.79 Å². The van der Waals surface area contributed by atoms with Crippen LogP contribution in [0.1, 0.15) is 13.3 Å². The van der Waals surface area contributed by atoms with Gasteiger partial charge in [-0.05, 0) is 11.6 Å². The van der Waals surface area contributed by atoms with Gasteiger partial charge >= 0.3 is 0 Å². The minimum atomic E-state index is 0.124. The third-order valence-electron chi connectivity index (χ3n) is 3.03. The molecule has 0 spiro atoms. The molecule has 0 radical (unpaired) electrons. The molecule has 0 fully saturated rings. The number of hydrogen-bond acceptors (Lipinski definition) is 1. The van der Waals surface area contributed by atoms with Crippen LogP contribution >= 0.6 is 0 Å². The molecule has 0 aliphatic carbocycles. The van der Waals surface area contributed by atoms with Gasteiger partial charge in [0.25, 0.3) is 0 Å². The summed E-state index contributed by atoms with van der Waals surface area (Å²) in [6.07, 6.45) is 0.514. The number of hydrogen-bond donors (Lipinski definition) is 0. The smallest absolute Gasteiger partial charge is 0.226 e. The van der Waals surface area contributed by atoms with Gasteiger partial charge in [0, 0.05) is 19.0 Å². The van der Waals surface area contributed by atoms with Gasteiger partial charge in [-0.25, -0.2) is 0 Å². The van der Waals surface area contributed by atoms with Gasteiger partial charge in [-0.1, -0.05) is 55.5 Å². The normalized spacial score (nSPS) is 10.1. The molecule has 0 heterocycles. The average molecular weight is 239 g/mol. The molecular formula is C16H17NO. The van der Waals surface area contributed by atoms with E-state index in [1.165, 1.54) is 0 Å². The maximum Gasteiger partial charge on any atom is 0.226 e. The Labute approximate surface area is 108 Å². The lowest BCUT2D eigenvalue weighted by atomic mass is 10.0. The molecule has 2 rings (SSSR count). The Morgan fingerprint density at radius 1 is 1.00 bits per heavy atom. The van der Waals surface area contributed by atoms with E-state index in [-0.39, 0.29) is 5.91 Å². The molecular weight excluding hydrogens is 222 g/mol. The van der Waals surface area contributed by atoms with Crippen molar-refractivity contribution in [2.45, 2.75) is 13.3 Å². The van der Waals surface area contributed by atoms with Crippen molar-refractivity contribution < 1.29 is 4.79 Å². The summed E-state index contributed by atoms with van der Waals surface area (Å²) in [5.74, 6) is 0.124. The number of amides is 1. The lowest BCUT2D eigenvalue weighted by Crippen LogP contribution is -2.25. The molecule has 2 heteroatoms. The fourth-order valence-electron chi connectivity index (χ4n) is 2.00. The van der Waals surface area contributed by atoms with Crippen LogP contribution in [0.2, 0.25) is 0 Å². The quantitative estimate of drug-likeness (QED) is 0.799. The highest BCUT2D eigenvalue weighted by Crippen LogP contribution is 2.30. The van der Waals surface area contributed by atoms with Crippen molar-refractivity contribution in [3.8, 4) is 11.1 Å². The third kappa shape index (κ3) is 2.43. The molecule has 0 aliphatic rings. The summed E-state index contributed by atoms with van der Waals surface area (Å²) in [5.41, 5.74) is 3.17. The Morgan fingerprint density at radius 2 is 1.61 bits per heavy atom. The summed E-state index contributed by atoms with van der Waals surface area (Å²) in [5, 5.41) is 0. The van der Waals surface area contributed by atoms with Crippen molar-refractivity contribution in [2.75, 3.05) is 11.9 Å². The monoisotopic (exact) mass is 239 g/mol. The first kappa shape index (κ1) is 12.4. The van der Waals surface area contributed by atoms with Crippen LogP contribution < -0.4 is 4.90 Å². The molecule has 2 nitrogen and oxygen atoms in total. The number of carbonyl (C=O) groups is 1. The van der Waals surface area contributed by atoms with Gasteiger partial charge in [0.1, 0.15) is 0 Å². The van der Waals surface area contributed by atoms with Gasteiger partial charge in [-0.2, -0.15) is 0 Å². The molecule has 0 unspecified atom stereocenters. The summed E-state index contributed by atoms with van der Waals surface area (Å²) >= 11 is 0. The Kier molecular flexibility index (Phi) is 3.78. The molecule has 2 aromatic carbocycles. The minimum Gasteiger partial charge on any atom is -0.315 e. The molecule has 2 aromatic rings. The van der Waals surface area contributed by atoms with Crippen molar-refractivity contribution in [1.82, 2.24) is 0 Å². The van der Waals surface area contributed by atoms with Gasteiger partial charge in [0.15, 0.2) is 0 Å². The molecule has 0 bridgehead atoms. The van der Waals surface area contributed by atoms with Crippen LogP contribution in [0.25, 0.3) is 11.1 Å². The fourth-order valence-corrected chi connectivity index (χ4v) is 2.00. The predicted octanol–water partition coefficient (Wildman–Crippen LogP) is 3.73. The van der Waals surface area contributed by atoms with E-state index in [1.807, 2.05) is 56.4 Å². The van der Waals surface area contributed by atoms with Gasteiger partial charge in [-0.3, -0.25) is 4.79 Å². The molecule has 0 aromatic heterocycles. The zero-order valence-electron chi connectivity index (χ0n) is 10.8. The second-order valence-corrected chi connectivity index (χ2v) is 4.19. The highest BCUT2D eigenvalue weighted by Gasteiger charge is 2.12. The number of benzene rings is 2. The second-order valence-electron chi connectivity index (χ2n) is 4.19. The molecule has 0 saturated heterocycles. The van der Waals surface area contributed by atoms with Crippen LogP contribution in [0.15, 0.2) is 54.6 Å². The molecule has 0 saturated carbocycles. The zero-order valence-corrected chi connectivity index (χ0v) is 10.8. The van der Waals surface area contributed by atoms with Gasteiger partial charge < -0.3 is 4.90 Å². The maximum absolute atomic E-state index is 11.8. The third-order valence-corrected chi connectivity index (χ3v) is 3.03. The van der Waals surface area contributed by atoms with Gasteiger partial charge in [0.05, 0.1) is 5.69 Å². The largest absolute Gasteiger partial charge is 0.315 e. The van der Waals surface area contributed by atoms with E-state index in [4.69, 9.17) is 0 Å². The average Bonchev–Trinajstić information content (AvgIpc) is 2.46. The van der Waals surface area contributed by atoms with E-state index in [1.54, 1.807) is 4.90 Å². The SMILES string of the molecule is CCC(=O)N(C)c1ccccc1-c1ccccc1. The molecule has 92 valence electrons. The minimum absolute atomic E-state index is 0.124.